The summed E-state index contributed by atoms with van der Waals surface area (Å²) in [7, 11) is 0. The Hall–Kier alpha value is -4.06. The molecule has 5 heterocycles. The first-order valence-electron chi connectivity index (χ1n) is 15.4. The van der Waals surface area contributed by atoms with Gasteiger partial charge in [0.1, 0.15) is 29.8 Å². The smallest absolute Gasteiger partial charge is 0.245 e. The Morgan fingerprint density at radius 2 is 1.87 bits per heavy atom. The van der Waals surface area contributed by atoms with Crippen LogP contribution in [-0.4, -0.2) is 87.0 Å². The van der Waals surface area contributed by atoms with Gasteiger partial charge in [0.25, 0.3) is 0 Å². The zero-order valence-corrected chi connectivity index (χ0v) is 25.6. The molecular weight excluding hydrogens is 597 g/mol. The first-order chi connectivity index (χ1) is 21.9. The van der Waals surface area contributed by atoms with E-state index in [1.54, 1.807) is 11.0 Å². The maximum absolute atomic E-state index is 13.8. The normalized spacial score (nSPS) is 18.6. The van der Waals surface area contributed by atoms with Gasteiger partial charge in [-0.1, -0.05) is 18.2 Å². The summed E-state index contributed by atoms with van der Waals surface area (Å²) in [6, 6.07) is 9.29. The van der Waals surface area contributed by atoms with Gasteiger partial charge < -0.3 is 19.7 Å². The number of ether oxygens (including phenoxy) is 2. The van der Waals surface area contributed by atoms with Crippen molar-refractivity contribution >= 4 is 39.9 Å². The van der Waals surface area contributed by atoms with Crippen LogP contribution in [0.15, 0.2) is 61.7 Å². The number of nitrogens with one attached hydrogen (secondary N) is 1. The van der Waals surface area contributed by atoms with E-state index in [-0.39, 0.29) is 17.0 Å². The predicted molar refractivity (Wildman–Crippen MR) is 170 cm³/mol. The highest BCUT2D eigenvalue weighted by molar-refractivity contribution is 6.31. The van der Waals surface area contributed by atoms with Gasteiger partial charge in [-0.25, -0.2) is 14.4 Å². The summed E-state index contributed by atoms with van der Waals surface area (Å²) < 4.78 is 28.0. The molecule has 3 aliphatic heterocycles. The second kappa shape index (κ2) is 12.7. The fourth-order valence-electron chi connectivity index (χ4n) is 6.35. The number of piperidine rings is 2. The molecule has 0 saturated carbocycles. The van der Waals surface area contributed by atoms with E-state index in [0.29, 0.717) is 55.3 Å². The monoisotopic (exact) mass is 631 g/mol. The third-order valence-electron chi connectivity index (χ3n) is 9.06. The molecule has 12 heteroatoms. The highest BCUT2D eigenvalue weighted by atomic mass is 35.5. The van der Waals surface area contributed by atoms with Crippen LogP contribution in [0.1, 0.15) is 31.7 Å². The zero-order chi connectivity index (χ0) is 30.9. The third-order valence-corrected chi connectivity index (χ3v) is 9.35. The average molecular weight is 632 g/mol. The van der Waals surface area contributed by atoms with Gasteiger partial charge in [-0.2, -0.15) is 5.10 Å². The summed E-state index contributed by atoms with van der Waals surface area (Å²) in [5.74, 6) is 0.679. The average Bonchev–Trinajstić information content (AvgIpc) is 3.53. The third kappa shape index (κ3) is 6.25. The summed E-state index contributed by atoms with van der Waals surface area (Å²) in [6.45, 7) is 8.57. The summed E-state index contributed by atoms with van der Waals surface area (Å²) in [6.07, 6.45) is 10.2. The molecule has 0 spiro atoms. The first-order valence-corrected chi connectivity index (χ1v) is 15.8. The van der Waals surface area contributed by atoms with Crippen LogP contribution < -0.4 is 10.1 Å². The van der Waals surface area contributed by atoms with Crippen LogP contribution in [0.2, 0.25) is 5.02 Å². The number of carbonyl (C=O) groups excluding carboxylic acids is 1. The van der Waals surface area contributed by atoms with E-state index in [0.717, 1.165) is 61.2 Å². The molecule has 45 heavy (non-hydrogen) atoms. The van der Waals surface area contributed by atoms with E-state index in [1.165, 1.54) is 24.5 Å². The van der Waals surface area contributed by atoms with Gasteiger partial charge in [-0.15, -0.1) is 0 Å². The lowest BCUT2D eigenvalue weighted by Crippen LogP contribution is -2.51. The number of carbonyl (C=O) groups is 1. The Bertz CT molecular complexity index is 1710. The number of fused-ring (bicyclic) bond motifs is 1. The van der Waals surface area contributed by atoms with Gasteiger partial charge in [0, 0.05) is 67.4 Å². The van der Waals surface area contributed by atoms with E-state index in [2.05, 4.69) is 37.6 Å². The maximum Gasteiger partial charge on any atom is 0.245 e. The Morgan fingerprint density at radius 1 is 1.07 bits per heavy atom. The van der Waals surface area contributed by atoms with Crippen molar-refractivity contribution < 1.29 is 18.7 Å². The lowest BCUT2D eigenvalue weighted by Gasteiger charge is -2.41. The second-order valence-electron chi connectivity index (χ2n) is 11.9. The Balaban J connectivity index is 1.19. The van der Waals surface area contributed by atoms with Crippen LogP contribution in [-0.2, 0) is 9.53 Å². The molecule has 234 valence electrons. The number of anilines is 2. The number of halogens is 2. The summed E-state index contributed by atoms with van der Waals surface area (Å²) in [5, 5.41) is 8.81. The minimum Gasteiger partial charge on any atom is -0.490 e. The van der Waals surface area contributed by atoms with Crippen molar-refractivity contribution in [1.82, 2.24) is 29.5 Å². The largest absolute Gasteiger partial charge is 0.490 e. The molecule has 2 aromatic heterocycles. The first kappa shape index (κ1) is 29.6. The number of nitrogens with zero attached hydrogens (tertiary/aromatic N) is 6. The lowest BCUT2D eigenvalue weighted by molar-refractivity contribution is -0.127. The van der Waals surface area contributed by atoms with Crippen LogP contribution in [0, 0.1) is 5.82 Å². The number of likely N-dealkylation sites (tertiary alicyclic amines) is 2. The molecule has 3 saturated heterocycles. The van der Waals surface area contributed by atoms with Gasteiger partial charge in [0.2, 0.25) is 5.91 Å². The van der Waals surface area contributed by atoms with Crippen LogP contribution in [0.5, 0.6) is 5.75 Å². The summed E-state index contributed by atoms with van der Waals surface area (Å²) in [5.41, 5.74) is 3.15. The molecule has 7 rings (SSSR count). The molecule has 3 fully saturated rings. The SMILES string of the molecule is C=CC(=O)N1CCC(Oc2cc3c(Nc4ccc(F)c(Cl)c4)ncnc3cc2-c2cnn(C3CCN(C4COC4)CC3)c2)CC1. The van der Waals surface area contributed by atoms with Crippen molar-refractivity contribution in [3.8, 4) is 16.9 Å². The standard InChI is InChI=1S/C33H35ClFN7O3/c1-2-32(43)41-11-7-25(8-12-41)45-31-15-27-30(36-20-37-33(27)39-22-3-4-29(35)28(34)13-22)14-26(31)21-16-38-42(17-21)23-5-9-40(10-6-23)24-18-44-19-24/h2-4,13-17,20,23-25H,1,5-12,18-19H2,(H,36,37,39). The Labute approximate surface area is 265 Å². The molecule has 0 radical (unpaired) electrons. The van der Waals surface area contributed by atoms with Crippen molar-refractivity contribution in [1.29, 1.82) is 0 Å². The van der Waals surface area contributed by atoms with Crippen LogP contribution in [0.25, 0.3) is 22.0 Å². The highest BCUT2D eigenvalue weighted by Crippen LogP contribution is 2.38. The van der Waals surface area contributed by atoms with Gasteiger partial charge in [0.15, 0.2) is 0 Å². The van der Waals surface area contributed by atoms with E-state index in [9.17, 15) is 9.18 Å². The summed E-state index contributed by atoms with van der Waals surface area (Å²) >= 11 is 6.03. The highest BCUT2D eigenvalue weighted by Gasteiger charge is 2.31. The van der Waals surface area contributed by atoms with Crippen molar-refractivity contribution in [2.75, 3.05) is 44.7 Å². The van der Waals surface area contributed by atoms with Gasteiger partial charge in [-0.3, -0.25) is 14.4 Å². The quantitative estimate of drug-likeness (QED) is 0.250. The minimum atomic E-state index is -0.491. The number of benzene rings is 2. The van der Waals surface area contributed by atoms with E-state index in [4.69, 9.17) is 26.2 Å². The zero-order valence-electron chi connectivity index (χ0n) is 24.9. The molecule has 0 aliphatic carbocycles. The predicted octanol–water partition coefficient (Wildman–Crippen LogP) is 5.62. The molecule has 1 amide bonds. The molecule has 4 aromatic rings. The van der Waals surface area contributed by atoms with Crippen molar-refractivity contribution in [2.24, 2.45) is 0 Å². The lowest BCUT2D eigenvalue weighted by atomic mass is 10.0. The van der Waals surface area contributed by atoms with Crippen LogP contribution >= 0.6 is 11.6 Å². The van der Waals surface area contributed by atoms with Crippen molar-refractivity contribution in [3.05, 3.63) is 72.5 Å². The van der Waals surface area contributed by atoms with Crippen LogP contribution in [0.3, 0.4) is 0 Å². The van der Waals surface area contributed by atoms with E-state index >= 15 is 0 Å². The molecule has 2 aromatic carbocycles. The number of hydrogen-bond donors (Lipinski definition) is 1. The van der Waals surface area contributed by atoms with Gasteiger partial charge in [-0.05, 0) is 49.2 Å². The molecule has 1 N–H and O–H groups in total. The molecule has 0 unspecified atom stereocenters. The summed E-state index contributed by atoms with van der Waals surface area (Å²) in [4.78, 5) is 25.5. The molecule has 3 aliphatic rings. The van der Waals surface area contributed by atoms with E-state index in [1.807, 2.05) is 18.3 Å². The fraction of sp³-hybridized carbons (Fsp3) is 0.394. The fourth-order valence-corrected chi connectivity index (χ4v) is 6.53. The van der Waals surface area contributed by atoms with Gasteiger partial charge in [0.05, 0.1) is 42.0 Å². The number of amides is 1. The topological polar surface area (TPSA) is 97.6 Å². The second-order valence-corrected chi connectivity index (χ2v) is 12.3. The molecular formula is C33H35ClFN7O3. The van der Waals surface area contributed by atoms with Crippen molar-refractivity contribution in [2.45, 2.75) is 43.9 Å². The number of rotatable bonds is 8. The van der Waals surface area contributed by atoms with E-state index < -0.39 is 5.82 Å². The molecule has 10 nitrogen and oxygen atoms in total. The Kier molecular flexibility index (Phi) is 8.39. The number of hydrogen-bond acceptors (Lipinski definition) is 8. The van der Waals surface area contributed by atoms with Gasteiger partial charge >= 0.3 is 0 Å². The number of aromatic nitrogens is 4. The minimum absolute atomic E-state index is 0.0192. The van der Waals surface area contributed by atoms with Crippen molar-refractivity contribution in [3.63, 3.8) is 0 Å². The van der Waals surface area contributed by atoms with Crippen LogP contribution in [0.4, 0.5) is 15.9 Å². The Morgan fingerprint density at radius 3 is 2.58 bits per heavy atom. The molecule has 0 bridgehead atoms. The maximum atomic E-state index is 13.8. The molecule has 0 atom stereocenters.